The Bertz CT molecular complexity index is 567. The Morgan fingerprint density at radius 1 is 1.20 bits per heavy atom. The van der Waals surface area contributed by atoms with E-state index in [4.69, 9.17) is 0 Å². The fraction of sp³-hybridized carbons (Fsp3) is 0.562. The van der Waals surface area contributed by atoms with Crippen molar-refractivity contribution in [3.8, 4) is 0 Å². The maximum atomic E-state index is 10.7. The molecule has 1 fully saturated rings. The van der Waals surface area contributed by atoms with E-state index in [-0.39, 0.29) is 29.8 Å². The average Bonchev–Trinajstić information content (AvgIpc) is 2.89. The lowest BCUT2D eigenvalue weighted by Crippen LogP contribution is -2.47. The Morgan fingerprint density at radius 3 is 2.04 bits per heavy atom. The van der Waals surface area contributed by atoms with Crippen molar-refractivity contribution in [2.45, 2.75) is 52.9 Å². The molecule has 0 atom stereocenters. The van der Waals surface area contributed by atoms with Gasteiger partial charge >= 0.3 is 6.03 Å². The fourth-order valence-electron chi connectivity index (χ4n) is 1.69. The summed E-state index contributed by atoms with van der Waals surface area (Å²) >= 11 is 0. The molecule has 0 unspecified atom stereocenters. The molecular formula is C16H24N4O5. The number of nitrogens with zero attached hydrogens (tertiary/aromatic N) is 3. The van der Waals surface area contributed by atoms with E-state index in [0.29, 0.717) is 31.6 Å². The standard InChI is InChI=1S/C7H12O2.C6H9NO2.C3H3N3O/c1-3-4-7(9)5-6(2)8;1-2-5(8)7-4-3-6(7)9;1-2-4-3(7)6-5-2/h3-5H2,1-2H3;2-4H2,1H3;1H2,(H,4,7). The second-order valence-corrected chi connectivity index (χ2v) is 5.29. The van der Waals surface area contributed by atoms with Gasteiger partial charge in [0.25, 0.3) is 0 Å². The number of carbonyl (C=O) groups is 5. The highest BCUT2D eigenvalue weighted by Gasteiger charge is 2.28. The van der Waals surface area contributed by atoms with Crippen LogP contribution in [0.5, 0.6) is 0 Å². The summed E-state index contributed by atoms with van der Waals surface area (Å²) in [6.45, 7) is 9.07. The number of amides is 4. The SMILES string of the molecule is C=C1N=NC(=O)N1.CCC(=O)N1CCC1=O.CCCC(=O)CC(C)=O. The fourth-order valence-corrected chi connectivity index (χ4v) is 1.69. The van der Waals surface area contributed by atoms with Crippen LogP contribution < -0.4 is 5.32 Å². The van der Waals surface area contributed by atoms with Crippen molar-refractivity contribution < 1.29 is 24.0 Å². The Hall–Kier alpha value is -2.71. The molecule has 4 amide bonds. The summed E-state index contributed by atoms with van der Waals surface area (Å²) in [5.41, 5.74) is 0. The third kappa shape index (κ3) is 9.90. The van der Waals surface area contributed by atoms with Gasteiger partial charge in [-0.2, -0.15) is 0 Å². The summed E-state index contributed by atoms with van der Waals surface area (Å²) in [6.07, 6.45) is 2.48. The van der Waals surface area contributed by atoms with E-state index >= 15 is 0 Å². The number of likely N-dealkylation sites (tertiary alicyclic amines) is 1. The Morgan fingerprint density at radius 2 is 1.84 bits per heavy atom. The van der Waals surface area contributed by atoms with Crippen molar-refractivity contribution in [3.63, 3.8) is 0 Å². The summed E-state index contributed by atoms with van der Waals surface area (Å²) in [5.74, 6) is 0.261. The molecule has 0 radical (unpaired) electrons. The van der Waals surface area contributed by atoms with Gasteiger partial charge in [-0.3, -0.25) is 29.4 Å². The van der Waals surface area contributed by atoms with Crippen LogP contribution in [0.4, 0.5) is 4.79 Å². The van der Waals surface area contributed by atoms with Crippen LogP contribution in [0.15, 0.2) is 22.6 Å². The lowest BCUT2D eigenvalue weighted by atomic mass is 10.1. The third-order valence-corrected chi connectivity index (χ3v) is 2.94. The first-order valence-corrected chi connectivity index (χ1v) is 7.97. The number of carbonyl (C=O) groups excluding carboxylic acids is 5. The first-order chi connectivity index (χ1) is 11.7. The van der Waals surface area contributed by atoms with Gasteiger partial charge < -0.3 is 0 Å². The zero-order valence-corrected chi connectivity index (χ0v) is 14.8. The molecule has 2 aliphatic rings. The molecule has 2 heterocycles. The van der Waals surface area contributed by atoms with Crippen molar-refractivity contribution >= 4 is 29.4 Å². The molecule has 1 saturated heterocycles. The van der Waals surface area contributed by atoms with Gasteiger partial charge in [-0.25, -0.2) is 4.79 Å². The van der Waals surface area contributed by atoms with Gasteiger partial charge in [-0.1, -0.05) is 25.5 Å². The van der Waals surface area contributed by atoms with Crippen LogP contribution >= 0.6 is 0 Å². The molecule has 9 heteroatoms. The van der Waals surface area contributed by atoms with Crippen LogP contribution in [0.25, 0.3) is 0 Å². The van der Waals surface area contributed by atoms with Gasteiger partial charge in [-0.05, 0) is 13.3 Å². The Kier molecular flexibility index (Phi) is 10.5. The third-order valence-electron chi connectivity index (χ3n) is 2.94. The number of hydrogen-bond donors (Lipinski definition) is 1. The van der Waals surface area contributed by atoms with E-state index in [2.05, 4.69) is 22.1 Å². The van der Waals surface area contributed by atoms with E-state index in [0.717, 1.165) is 6.42 Å². The van der Waals surface area contributed by atoms with Gasteiger partial charge in [0.05, 0.1) is 6.42 Å². The molecule has 25 heavy (non-hydrogen) atoms. The van der Waals surface area contributed by atoms with Gasteiger partial charge in [0, 0.05) is 25.8 Å². The number of urea groups is 1. The molecule has 1 N–H and O–H groups in total. The number of azo groups is 1. The minimum absolute atomic E-state index is 0.0261. The van der Waals surface area contributed by atoms with Gasteiger partial charge in [0.15, 0.2) is 0 Å². The Balaban J connectivity index is 0.000000348. The maximum Gasteiger partial charge on any atom is 0.365 e. The maximum absolute atomic E-state index is 10.7. The molecule has 0 aromatic heterocycles. The highest BCUT2D eigenvalue weighted by molar-refractivity contribution is 5.99. The van der Waals surface area contributed by atoms with Crippen LogP contribution in [-0.4, -0.2) is 40.9 Å². The van der Waals surface area contributed by atoms with Crippen LogP contribution in [0.2, 0.25) is 0 Å². The molecule has 138 valence electrons. The zero-order chi connectivity index (χ0) is 19.4. The van der Waals surface area contributed by atoms with Crippen LogP contribution in [0.3, 0.4) is 0 Å². The monoisotopic (exact) mass is 352 g/mol. The van der Waals surface area contributed by atoms with Crippen LogP contribution in [0, 0.1) is 0 Å². The molecular weight excluding hydrogens is 328 g/mol. The number of hydrogen-bond acceptors (Lipinski definition) is 6. The minimum Gasteiger partial charge on any atom is -0.300 e. The molecule has 2 rings (SSSR count). The van der Waals surface area contributed by atoms with E-state index in [1.165, 1.54) is 11.8 Å². The molecule has 2 aliphatic heterocycles. The number of ketones is 2. The van der Waals surface area contributed by atoms with Gasteiger partial charge in [0.1, 0.15) is 17.4 Å². The lowest BCUT2D eigenvalue weighted by Gasteiger charge is -2.27. The number of β-lactam (4-membered cyclic amide) rings is 1. The molecule has 0 aromatic carbocycles. The molecule has 0 bridgehead atoms. The van der Waals surface area contributed by atoms with Crippen molar-refractivity contribution in [1.29, 1.82) is 0 Å². The predicted molar refractivity (Wildman–Crippen MR) is 89.4 cm³/mol. The van der Waals surface area contributed by atoms with E-state index in [1.54, 1.807) is 6.92 Å². The molecule has 0 saturated carbocycles. The number of Topliss-reactive ketones (excluding diaryl/α,β-unsaturated/α-hetero) is 2. The van der Waals surface area contributed by atoms with Gasteiger partial charge in [0.2, 0.25) is 11.8 Å². The first-order valence-electron chi connectivity index (χ1n) is 7.97. The molecule has 9 nitrogen and oxygen atoms in total. The predicted octanol–water partition coefficient (Wildman–Crippen LogP) is 2.12. The second-order valence-electron chi connectivity index (χ2n) is 5.29. The summed E-state index contributed by atoms with van der Waals surface area (Å²) in [4.78, 5) is 53.5. The summed E-state index contributed by atoms with van der Waals surface area (Å²) < 4.78 is 0. The number of imide groups is 1. The van der Waals surface area contributed by atoms with Crippen LogP contribution in [0.1, 0.15) is 52.9 Å². The average molecular weight is 352 g/mol. The van der Waals surface area contributed by atoms with Crippen molar-refractivity contribution in [1.82, 2.24) is 10.2 Å². The van der Waals surface area contributed by atoms with Crippen molar-refractivity contribution in [3.05, 3.63) is 12.4 Å². The van der Waals surface area contributed by atoms with Crippen molar-refractivity contribution in [2.24, 2.45) is 10.2 Å². The molecule has 0 aliphatic carbocycles. The molecule has 0 spiro atoms. The van der Waals surface area contributed by atoms with Crippen LogP contribution in [-0.2, 0) is 19.2 Å². The molecule has 0 aromatic rings. The second kappa shape index (κ2) is 11.8. The summed E-state index contributed by atoms with van der Waals surface area (Å²) in [5, 5.41) is 8.63. The van der Waals surface area contributed by atoms with Gasteiger partial charge in [-0.15, -0.1) is 5.11 Å². The van der Waals surface area contributed by atoms with Crippen molar-refractivity contribution in [2.75, 3.05) is 6.54 Å². The first kappa shape index (κ1) is 22.3. The number of nitrogens with one attached hydrogen (secondary N) is 1. The Labute approximate surface area is 146 Å². The van der Waals surface area contributed by atoms with E-state index in [9.17, 15) is 24.0 Å². The minimum atomic E-state index is -0.440. The van der Waals surface area contributed by atoms with E-state index < -0.39 is 6.03 Å². The highest BCUT2D eigenvalue weighted by Crippen LogP contribution is 2.09. The summed E-state index contributed by atoms with van der Waals surface area (Å²) in [7, 11) is 0. The highest BCUT2D eigenvalue weighted by atomic mass is 16.2. The smallest absolute Gasteiger partial charge is 0.300 e. The van der Waals surface area contributed by atoms with E-state index in [1.807, 2.05) is 6.92 Å². The lowest BCUT2D eigenvalue weighted by molar-refractivity contribution is -0.152. The topological polar surface area (TPSA) is 125 Å². The number of rotatable bonds is 5. The normalized spacial score (nSPS) is 14.5. The largest absolute Gasteiger partial charge is 0.365 e. The zero-order valence-electron chi connectivity index (χ0n) is 14.8. The summed E-state index contributed by atoms with van der Waals surface area (Å²) in [6, 6.07) is -0.440. The quantitative estimate of drug-likeness (QED) is 0.599.